The summed E-state index contributed by atoms with van der Waals surface area (Å²) in [6, 6.07) is 163. The largest absolute Gasteiger partial charge is 0.456 e. The summed E-state index contributed by atoms with van der Waals surface area (Å²) in [5.41, 5.74) is 37.7. The van der Waals surface area contributed by atoms with Crippen LogP contribution in [0.25, 0.3) is 266 Å². The van der Waals surface area contributed by atoms with E-state index in [1.807, 2.05) is 237 Å². The third-order valence-electron chi connectivity index (χ3n) is 26.0. The van der Waals surface area contributed by atoms with Crippen LogP contribution in [0.2, 0.25) is 0 Å². The minimum Gasteiger partial charge on any atom is -0.456 e. The van der Waals surface area contributed by atoms with Gasteiger partial charge in [-0.15, -0.1) is 0 Å². The molecule has 0 aliphatic rings. The number of para-hydroxylation sites is 8. The SMILES string of the molecule is c1ccc(-c2ccc(-c3nc(-c4cccc5oc6ccccc6c45)cc4ncccc34)cc2)cc1.c1ccc(-c2nc3ccc(-c4cccc5oc6ccccc6c45)cc3nc2-c2ccccc2)cc1.c1ccc(-c2nc3cccc(-c4cccc5oc6ccccc6c45)c3nc2-c2ccccc2)cc1.c1ccc(-c2nc3ccccc3nc2-c2ccc(-c3cccc4c3oc3ccccc34)cc2)cc1. The summed E-state index contributed by atoms with van der Waals surface area (Å²) >= 11 is 0. The molecule has 0 bridgehead atoms. The highest BCUT2D eigenvalue weighted by Crippen LogP contribution is 2.46. The molecule has 9 aromatic heterocycles. The number of fused-ring (bicyclic) bond motifs is 16. The molecule has 19 aromatic carbocycles. The van der Waals surface area contributed by atoms with E-state index in [1.54, 1.807) is 0 Å². The first-order valence-electron chi connectivity index (χ1n) is 46.7. The molecule has 0 unspecified atom stereocenters. The van der Waals surface area contributed by atoms with Gasteiger partial charge in [0.25, 0.3) is 0 Å². The van der Waals surface area contributed by atoms with Crippen LogP contribution in [0.15, 0.2) is 503 Å². The summed E-state index contributed by atoms with van der Waals surface area (Å²) in [6.45, 7) is 0. The molecule has 12 nitrogen and oxygen atoms in total. The quantitative estimate of drug-likeness (QED) is 0.114. The number of rotatable bonds is 12. The Morgan fingerprint density at radius 2 is 0.471 bits per heavy atom. The maximum atomic E-state index is 6.26. The molecule has 140 heavy (non-hydrogen) atoms. The van der Waals surface area contributed by atoms with Crippen LogP contribution in [-0.2, 0) is 0 Å². The predicted octanol–water partition coefficient (Wildman–Crippen LogP) is 34.1. The molecule has 0 aliphatic heterocycles. The molecule has 656 valence electrons. The van der Waals surface area contributed by atoms with Gasteiger partial charge in [0.15, 0.2) is 0 Å². The maximum absolute atomic E-state index is 6.26. The van der Waals surface area contributed by atoms with Crippen LogP contribution in [0, 0.1) is 0 Å². The van der Waals surface area contributed by atoms with E-state index < -0.39 is 0 Å². The predicted molar refractivity (Wildman–Crippen MR) is 572 cm³/mol. The Morgan fingerprint density at radius 1 is 0.150 bits per heavy atom. The summed E-state index contributed by atoms with van der Waals surface area (Å²) in [6.07, 6.45) is 1.84. The molecule has 28 rings (SSSR count). The van der Waals surface area contributed by atoms with E-state index in [1.165, 1.54) is 11.1 Å². The second kappa shape index (κ2) is 36.1. The Labute approximate surface area is 803 Å². The van der Waals surface area contributed by atoms with Crippen LogP contribution in [0.4, 0.5) is 0 Å². The van der Waals surface area contributed by atoms with Crippen molar-refractivity contribution < 1.29 is 17.7 Å². The van der Waals surface area contributed by atoms with Gasteiger partial charge in [0.05, 0.1) is 84.2 Å². The van der Waals surface area contributed by atoms with Gasteiger partial charge in [-0.05, 0) is 124 Å². The molecule has 0 spiro atoms. The highest BCUT2D eigenvalue weighted by molar-refractivity contribution is 6.17. The van der Waals surface area contributed by atoms with Gasteiger partial charge in [-0.3, -0.25) is 4.98 Å². The lowest BCUT2D eigenvalue weighted by Gasteiger charge is -2.13. The normalized spacial score (nSPS) is 11.4. The second-order valence-electron chi connectivity index (χ2n) is 34.5. The maximum Gasteiger partial charge on any atom is 0.143 e. The molecule has 9 heterocycles. The number of furan rings is 4. The summed E-state index contributed by atoms with van der Waals surface area (Å²) < 4.78 is 24.7. The van der Waals surface area contributed by atoms with Crippen molar-refractivity contribution in [2.24, 2.45) is 0 Å². The number of hydrogen-bond acceptors (Lipinski definition) is 12. The van der Waals surface area contributed by atoms with Crippen LogP contribution < -0.4 is 0 Å². The average molecular weight is 1790 g/mol. The van der Waals surface area contributed by atoms with E-state index in [0.717, 1.165) is 255 Å². The van der Waals surface area contributed by atoms with Crippen LogP contribution >= 0.6 is 0 Å². The van der Waals surface area contributed by atoms with E-state index >= 15 is 0 Å². The third-order valence-corrected chi connectivity index (χ3v) is 26.0. The molecule has 0 saturated heterocycles. The fraction of sp³-hybridized carbons (Fsp3) is 0. The van der Waals surface area contributed by atoms with Gasteiger partial charge in [0.1, 0.15) is 44.7 Å². The molecule has 0 amide bonds. The summed E-state index contributed by atoms with van der Waals surface area (Å²) in [5.74, 6) is 0. The highest BCUT2D eigenvalue weighted by Gasteiger charge is 2.24. The molecule has 0 radical (unpaired) electrons. The molecule has 28 aromatic rings. The van der Waals surface area contributed by atoms with Gasteiger partial charge >= 0.3 is 0 Å². The van der Waals surface area contributed by atoms with E-state index in [4.69, 9.17) is 52.6 Å². The van der Waals surface area contributed by atoms with Crippen LogP contribution in [0.3, 0.4) is 0 Å². The monoisotopic (exact) mass is 1790 g/mol. The molecule has 0 atom stereocenters. The molecular formula is C128H80N8O4. The number of benzene rings is 19. The Morgan fingerprint density at radius 3 is 0.993 bits per heavy atom. The van der Waals surface area contributed by atoms with Crippen molar-refractivity contribution in [3.8, 4) is 135 Å². The van der Waals surface area contributed by atoms with Crippen molar-refractivity contribution in [3.63, 3.8) is 0 Å². The number of hydrogen-bond donors (Lipinski definition) is 0. The smallest absolute Gasteiger partial charge is 0.143 e. The standard InChI is InChI=1S/4C32H20N2O/c1-3-11-21(12-4-1)30-31(22-13-5-2-6-14-22)34-32-24(17-9-18-26(32)33-30)23-16-10-20-28-29(23)25-15-7-8-19-27(25)35-28;1-3-10-21(11-4-1)31-32(22-12-5-2-6-13-22)34-27-20-23(18-19-26(27)33-31)24-15-9-17-29-30(24)25-14-7-8-16-28(25)35-29;1-2-9-22(10-3-1)30-31(34-28-15-6-5-14-27(28)33-30)23-19-17-21(18-20-23)24-12-8-13-26-25-11-4-7-16-29(25)35-32(24)26;1-2-8-21(9-3-1)22-15-17-23(18-16-22)32-25-12-7-19-33-27(25)20-28(34-32)24-11-6-14-30-31(24)26-10-4-5-13-29(26)35-30/h4*1-20H. The van der Waals surface area contributed by atoms with Crippen molar-refractivity contribution in [2.75, 3.05) is 0 Å². The van der Waals surface area contributed by atoms with Gasteiger partial charge in [0, 0.05) is 110 Å². The Balaban J connectivity index is 0.0000000985. The van der Waals surface area contributed by atoms with Crippen molar-refractivity contribution in [2.45, 2.75) is 0 Å². The highest BCUT2D eigenvalue weighted by atomic mass is 16.3. The zero-order valence-electron chi connectivity index (χ0n) is 75.4. The Hall–Kier alpha value is -19.0. The van der Waals surface area contributed by atoms with Gasteiger partial charge in [0.2, 0.25) is 0 Å². The fourth-order valence-corrected chi connectivity index (χ4v) is 19.4. The van der Waals surface area contributed by atoms with Crippen molar-refractivity contribution in [3.05, 3.63) is 485 Å². The first-order valence-corrected chi connectivity index (χ1v) is 46.7. The van der Waals surface area contributed by atoms with E-state index in [9.17, 15) is 0 Å². The lowest BCUT2D eigenvalue weighted by molar-refractivity contribution is 0.668. The van der Waals surface area contributed by atoms with Crippen LogP contribution in [-0.4, -0.2) is 39.9 Å². The third kappa shape index (κ3) is 15.6. The van der Waals surface area contributed by atoms with Gasteiger partial charge in [-0.1, -0.05) is 388 Å². The topological polar surface area (TPSA) is 156 Å². The number of nitrogens with zero attached hydrogens (tertiary/aromatic N) is 8. The molecule has 0 fully saturated rings. The van der Waals surface area contributed by atoms with E-state index in [-0.39, 0.29) is 0 Å². The molecule has 0 N–H and O–H groups in total. The van der Waals surface area contributed by atoms with Crippen molar-refractivity contribution in [1.82, 2.24) is 39.9 Å². The first kappa shape index (κ1) is 82.8. The molecular weight excluding hydrogens is 1710 g/mol. The van der Waals surface area contributed by atoms with Gasteiger partial charge in [-0.2, -0.15) is 0 Å². The minimum absolute atomic E-state index is 0.861. The zero-order valence-corrected chi connectivity index (χ0v) is 75.4. The summed E-state index contributed by atoms with van der Waals surface area (Å²) in [5, 5.41) is 9.93. The second-order valence-corrected chi connectivity index (χ2v) is 34.5. The Bertz CT molecular complexity index is 9500. The van der Waals surface area contributed by atoms with Crippen molar-refractivity contribution >= 4 is 132 Å². The molecule has 0 saturated carbocycles. The lowest BCUT2D eigenvalue weighted by atomic mass is 9.97. The van der Waals surface area contributed by atoms with Crippen LogP contribution in [0.1, 0.15) is 0 Å². The van der Waals surface area contributed by atoms with E-state index in [2.05, 4.69) is 254 Å². The molecule has 12 heteroatoms. The summed E-state index contributed by atoms with van der Waals surface area (Å²) in [4.78, 5) is 40.6. The number of aromatic nitrogens is 8. The van der Waals surface area contributed by atoms with Crippen LogP contribution in [0.5, 0.6) is 0 Å². The van der Waals surface area contributed by atoms with Gasteiger partial charge < -0.3 is 17.7 Å². The number of pyridine rings is 2. The molecule has 0 aliphatic carbocycles. The zero-order chi connectivity index (χ0) is 92.8. The first-order chi connectivity index (χ1) is 69.4. The average Bonchev–Trinajstić information content (AvgIpc) is 1.50. The van der Waals surface area contributed by atoms with E-state index in [0.29, 0.717) is 0 Å². The summed E-state index contributed by atoms with van der Waals surface area (Å²) in [7, 11) is 0. The fourth-order valence-electron chi connectivity index (χ4n) is 19.4. The lowest BCUT2D eigenvalue weighted by Crippen LogP contribution is -1.97. The van der Waals surface area contributed by atoms with Gasteiger partial charge in [-0.25, -0.2) is 34.9 Å². The van der Waals surface area contributed by atoms with Crippen molar-refractivity contribution in [1.29, 1.82) is 0 Å². The Kier molecular flexibility index (Phi) is 21.3. The minimum atomic E-state index is 0.861.